The van der Waals surface area contributed by atoms with E-state index in [9.17, 15) is 14.4 Å². The molecule has 2 heterocycles. The number of fused-ring (bicyclic) bond motifs is 2. The van der Waals surface area contributed by atoms with Crippen molar-refractivity contribution < 1.29 is 32.6 Å². The van der Waals surface area contributed by atoms with Crippen molar-refractivity contribution in [2.24, 2.45) is 5.41 Å². The molecule has 3 aromatic rings. The highest BCUT2D eigenvalue weighted by Gasteiger charge is 2.66. The van der Waals surface area contributed by atoms with E-state index in [0.29, 0.717) is 6.42 Å². The highest BCUT2D eigenvalue weighted by Crippen LogP contribution is 2.58. The second-order valence-corrected chi connectivity index (χ2v) is 12.9. The minimum absolute atomic E-state index is 0.00733. The molecule has 0 aliphatic carbocycles. The van der Waals surface area contributed by atoms with Gasteiger partial charge >= 0.3 is 5.97 Å². The highest BCUT2D eigenvalue weighted by atomic mass is 35.5. The van der Waals surface area contributed by atoms with E-state index in [1.54, 1.807) is 6.07 Å². The van der Waals surface area contributed by atoms with Crippen LogP contribution in [0.3, 0.4) is 0 Å². The zero-order valence-corrected chi connectivity index (χ0v) is 26.1. The molecule has 1 saturated heterocycles. The minimum Gasteiger partial charge on any atom is -0.495 e. The van der Waals surface area contributed by atoms with Gasteiger partial charge in [0.1, 0.15) is 17.0 Å². The molecule has 44 heavy (non-hydrogen) atoms. The number of amides is 2. The van der Waals surface area contributed by atoms with Crippen LogP contribution in [0.5, 0.6) is 5.75 Å². The predicted molar refractivity (Wildman–Crippen MR) is 164 cm³/mol. The van der Waals surface area contributed by atoms with Gasteiger partial charge in [0, 0.05) is 12.0 Å². The van der Waals surface area contributed by atoms with E-state index in [0.717, 1.165) is 0 Å². The molecule has 232 valence electrons. The number of rotatable bonds is 6. The van der Waals surface area contributed by atoms with Crippen molar-refractivity contribution in [3.05, 3.63) is 86.9 Å². The van der Waals surface area contributed by atoms with E-state index < -0.39 is 52.8 Å². The van der Waals surface area contributed by atoms with Gasteiger partial charge in [0.25, 0.3) is 0 Å². The first-order valence-electron chi connectivity index (χ1n) is 13.8. The normalized spacial score (nSPS) is 22.5. The Bertz CT molecular complexity index is 1680. The third-order valence-corrected chi connectivity index (χ3v) is 8.79. The van der Waals surface area contributed by atoms with Crippen molar-refractivity contribution >= 4 is 52.4 Å². The smallest absolute Gasteiger partial charge is 0.337 e. The van der Waals surface area contributed by atoms with Crippen LogP contribution in [0.15, 0.2) is 48.5 Å². The Labute approximate surface area is 263 Å². The molecule has 2 aliphatic heterocycles. The van der Waals surface area contributed by atoms with Crippen molar-refractivity contribution in [2.75, 3.05) is 24.9 Å². The van der Waals surface area contributed by atoms with Gasteiger partial charge in [-0.25, -0.2) is 13.6 Å². The fraction of sp³-hybridized carbons (Fsp3) is 0.344. The molecule has 0 radical (unpaired) electrons. The number of carbonyl (C=O) groups excluding carboxylic acids is 3. The third-order valence-electron chi connectivity index (χ3n) is 8.21. The second kappa shape index (κ2) is 11.6. The van der Waals surface area contributed by atoms with E-state index in [2.05, 4.69) is 16.0 Å². The molecule has 5 rings (SSSR count). The molecule has 0 bridgehead atoms. The van der Waals surface area contributed by atoms with Crippen molar-refractivity contribution in [3.63, 3.8) is 0 Å². The van der Waals surface area contributed by atoms with Crippen molar-refractivity contribution in [1.29, 1.82) is 0 Å². The Hall–Kier alpha value is -3.73. The lowest BCUT2D eigenvalue weighted by molar-refractivity contribution is -0.122. The Kier molecular flexibility index (Phi) is 8.39. The van der Waals surface area contributed by atoms with E-state index in [4.69, 9.17) is 32.7 Å². The number of anilines is 2. The van der Waals surface area contributed by atoms with E-state index in [1.807, 2.05) is 20.8 Å². The largest absolute Gasteiger partial charge is 0.495 e. The summed E-state index contributed by atoms with van der Waals surface area (Å²) in [7, 11) is 2.62. The zero-order valence-electron chi connectivity index (χ0n) is 24.6. The van der Waals surface area contributed by atoms with Gasteiger partial charge in [-0.1, -0.05) is 62.2 Å². The minimum atomic E-state index is -1.64. The topological polar surface area (TPSA) is 106 Å². The molecule has 0 aromatic heterocycles. The van der Waals surface area contributed by atoms with Gasteiger partial charge in [0.15, 0.2) is 5.82 Å². The number of carbonyl (C=O) groups is 3. The summed E-state index contributed by atoms with van der Waals surface area (Å²) in [5.74, 6) is -4.45. The molecule has 1 fully saturated rings. The predicted octanol–water partition coefficient (Wildman–Crippen LogP) is 6.46. The second-order valence-electron chi connectivity index (χ2n) is 12.1. The average molecular weight is 647 g/mol. The van der Waals surface area contributed by atoms with Crippen molar-refractivity contribution in [1.82, 2.24) is 5.32 Å². The van der Waals surface area contributed by atoms with Gasteiger partial charge in [-0.2, -0.15) is 0 Å². The Morgan fingerprint density at radius 2 is 1.73 bits per heavy atom. The van der Waals surface area contributed by atoms with Gasteiger partial charge in [-0.3, -0.25) is 9.59 Å². The summed E-state index contributed by atoms with van der Waals surface area (Å²) < 4.78 is 41.5. The molecule has 4 atom stereocenters. The van der Waals surface area contributed by atoms with Crippen LogP contribution in [0, 0.1) is 17.0 Å². The standard InChI is InChI=1S/C32H31Cl2F2N3O5/c1-31(2,3)14-22-32(17-10-11-19(34)25(36)26(17)39-30(32)42)23(16-7-6-8-18(33)24(16)35)27(38-22)28(40)37-20-12-9-15(29(41)44-5)13-21(20)43-4/h6-13,22-23,27,38H,14H2,1-5H3,(H,37,40)(H,39,42)/t22-,23+,27?,32+/m1/s1. The first kappa shape index (κ1) is 31.7. The van der Waals surface area contributed by atoms with Gasteiger partial charge in [-0.15, -0.1) is 0 Å². The molecule has 0 saturated carbocycles. The van der Waals surface area contributed by atoms with E-state index in [1.165, 1.54) is 56.7 Å². The summed E-state index contributed by atoms with van der Waals surface area (Å²) in [6.45, 7) is 5.90. The van der Waals surface area contributed by atoms with Gasteiger partial charge in [0.2, 0.25) is 11.8 Å². The summed E-state index contributed by atoms with van der Waals surface area (Å²) in [6, 6.07) is 9.63. The van der Waals surface area contributed by atoms with Crippen LogP contribution in [0.2, 0.25) is 10.0 Å². The summed E-state index contributed by atoms with van der Waals surface area (Å²) >= 11 is 12.3. The molecule has 12 heteroatoms. The van der Waals surface area contributed by atoms with Crippen molar-refractivity contribution in [3.8, 4) is 5.75 Å². The van der Waals surface area contributed by atoms with Gasteiger partial charge in [0.05, 0.1) is 47.2 Å². The molecule has 2 amide bonds. The third kappa shape index (κ3) is 5.18. The number of esters is 1. The lowest BCUT2D eigenvalue weighted by Crippen LogP contribution is -2.49. The zero-order chi connectivity index (χ0) is 32.1. The molecule has 3 N–H and O–H groups in total. The fourth-order valence-electron chi connectivity index (χ4n) is 6.43. The first-order valence-corrected chi connectivity index (χ1v) is 14.6. The van der Waals surface area contributed by atoms with Crippen LogP contribution in [0.4, 0.5) is 20.2 Å². The van der Waals surface area contributed by atoms with Crippen LogP contribution in [-0.2, 0) is 19.7 Å². The van der Waals surface area contributed by atoms with Crippen LogP contribution in [-0.4, -0.2) is 44.1 Å². The maximum atomic E-state index is 16.0. The lowest BCUT2D eigenvalue weighted by Gasteiger charge is -2.37. The molecule has 3 aromatic carbocycles. The van der Waals surface area contributed by atoms with Crippen LogP contribution < -0.4 is 20.7 Å². The average Bonchev–Trinajstić information content (AvgIpc) is 3.46. The van der Waals surface area contributed by atoms with Gasteiger partial charge in [-0.05, 0) is 53.3 Å². The maximum Gasteiger partial charge on any atom is 0.337 e. The SMILES string of the molecule is COC(=O)c1ccc(NC(=O)C2N[C@H](CC(C)(C)C)[C@]3(C(=O)Nc4c3ccc(Cl)c4F)[C@H]2c2cccc(Cl)c2F)c(OC)c1. The quantitative estimate of drug-likeness (QED) is 0.266. The summed E-state index contributed by atoms with van der Waals surface area (Å²) in [4.78, 5) is 40.5. The maximum absolute atomic E-state index is 16.0. The summed E-state index contributed by atoms with van der Waals surface area (Å²) in [6.07, 6.45) is 0.351. The Balaban J connectivity index is 1.71. The van der Waals surface area contributed by atoms with E-state index in [-0.39, 0.29) is 49.3 Å². The monoisotopic (exact) mass is 645 g/mol. The highest BCUT2D eigenvalue weighted by molar-refractivity contribution is 6.31. The molecular weight excluding hydrogens is 615 g/mol. The number of hydrogen-bond acceptors (Lipinski definition) is 6. The Morgan fingerprint density at radius 3 is 2.39 bits per heavy atom. The molecule has 8 nitrogen and oxygen atoms in total. The summed E-state index contributed by atoms with van der Waals surface area (Å²) in [5.41, 5.74) is -1.45. The molecular formula is C32H31Cl2F2N3O5. The number of benzene rings is 3. The number of nitrogens with one attached hydrogen (secondary N) is 3. The lowest BCUT2D eigenvalue weighted by atomic mass is 9.62. The van der Waals surface area contributed by atoms with Crippen LogP contribution in [0.25, 0.3) is 0 Å². The number of halogens is 4. The van der Waals surface area contributed by atoms with Gasteiger partial charge < -0.3 is 25.4 Å². The number of hydrogen-bond donors (Lipinski definition) is 3. The molecule has 1 spiro atoms. The van der Waals surface area contributed by atoms with Crippen LogP contribution >= 0.6 is 23.2 Å². The summed E-state index contributed by atoms with van der Waals surface area (Å²) in [5, 5.41) is 8.39. The Morgan fingerprint density at radius 1 is 1.02 bits per heavy atom. The first-order chi connectivity index (χ1) is 20.7. The van der Waals surface area contributed by atoms with Crippen LogP contribution in [0.1, 0.15) is 54.6 Å². The van der Waals surface area contributed by atoms with E-state index >= 15 is 8.78 Å². The fourth-order valence-corrected chi connectivity index (χ4v) is 6.77. The molecule has 2 aliphatic rings. The number of methoxy groups -OCH3 is 2. The molecule has 1 unspecified atom stereocenters. The van der Waals surface area contributed by atoms with Crippen molar-refractivity contribution in [2.45, 2.75) is 50.6 Å². The number of ether oxygens (including phenoxy) is 2.